The fraction of sp³-hybridized carbons (Fsp3) is 0.348. The van der Waals surface area contributed by atoms with Gasteiger partial charge in [-0.1, -0.05) is 29.8 Å². The van der Waals surface area contributed by atoms with Crippen molar-refractivity contribution < 1.29 is 19.1 Å². The summed E-state index contributed by atoms with van der Waals surface area (Å²) in [5.74, 6) is -0.0464. The Morgan fingerprint density at radius 2 is 1.78 bits per heavy atom. The van der Waals surface area contributed by atoms with Crippen LogP contribution in [-0.2, 0) is 15.1 Å². The molecule has 4 rings (SSSR count). The third-order valence-electron chi connectivity index (χ3n) is 6.04. The molecule has 2 aliphatic heterocycles. The van der Waals surface area contributed by atoms with Crippen molar-refractivity contribution in [3.63, 3.8) is 0 Å². The normalized spacial score (nSPS) is 21.0. The van der Waals surface area contributed by atoms with Gasteiger partial charge in [-0.2, -0.15) is 0 Å². The van der Waals surface area contributed by atoms with E-state index in [1.54, 1.807) is 43.2 Å². The Balaban J connectivity index is 1.39. The molecule has 1 N–H and O–H groups in total. The van der Waals surface area contributed by atoms with Crippen LogP contribution in [0.15, 0.2) is 48.5 Å². The van der Waals surface area contributed by atoms with Gasteiger partial charge in [-0.3, -0.25) is 14.5 Å². The fourth-order valence-corrected chi connectivity index (χ4v) is 4.27. The summed E-state index contributed by atoms with van der Waals surface area (Å²) in [5, 5.41) is 3.40. The molecule has 1 unspecified atom stereocenters. The molecule has 2 heterocycles. The van der Waals surface area contributed by atoms with Gasteiger partial charge in [0.15, 0.2) is 0 Å². The maximum absolute atomic E-state index is 13.1. The molecule has 32 heavy (non-hydrogen) atoms. The van der Waals surface area contributed by atoms with Crippen LogP contribution < -0.4 is 15.0 Å². The lowest BCUT2D eigenvalue weighted by molar-refractivity contribution is -0.139. The van der Waals surface area contributed by atoms with Crippen molar-refractivity contribution in [2.24, 2.45) is 0 Å². The number of hydrogen-bond donors (Lipinski definition) is 1. The van der Waals surface area contributed by atoms with E-state index in [2.05, 4.69) is 10.2 Å². The van der Waals surface area contributed by atoms with E-state index in [1.807, 2.05) is 24.3 Å². The summed E-state index contributed by atoms with van der Waals surface area (Å²) >= 11 is 6.08. The predicted octanol–water partition coefficient (Wildman–Crippen LogP) is 2.46. The van der Waals surface area contributed by atoms with Gasteiger partial charge >= 0.3 is 6.03 Å². The van der Waals surface area contributed by atoms with Gasteiger partial charge in [0.05, 0.1) is 7.11 Å². The first-order valence-electron chi connectivity index (χ1n) is 10.4. The van der Waals surface area contributed by atoms with Gasteiger partial charge in [-0.05, 0) is 42.8 Å². The molecule has 0 aromatic heterocycles. The second-order valence-electron chi connectivity index (χ2n) is 8.02. The molecule has 0 saturated carbocycles. The third-order valence-corrected chi connectivity index (χ3v) is 6.28. The number of urea groups is 1. The molecule has 4 amide bonds. The molecule has 0 aliphatic carbocycles. The van der Waals surface area contributed by atoms with Gasteiger partial charge in [0.25, 0.3) is 5.91 Å². The number of benzene rings is 2. The monoisotopic (exact) mass is 456 g/mol. The average Bonchev–Trinajstić information content (AvgIpc) is 3.03. The first-order chi connectivity index (χ1) is 15.3. The number of carbonyl (C=O) groups is 3. The lowest BCUT2D eigenvalue weighted by Crippen LogP contribution is -2.52. The molecule has 2 aromatic carbocycles. The van der Waals surface area contributed by atoms with E-state index in [4.69, 9.17) is 16.3 Å². The molecular weight excluding hydrogens is 432 g/mol. The Morgan fingerprint density at radius 3 is 2.41 bits per heavy atom. The van der Waals surface area contributed by atoms with E-state index in [0.29, 0.717) is 42.5 Å². The average molecular weight is 457 g/mol. The van der Waals surface area contributed by atoms with Crippen LogP contribution >= 0.6 is 11.6 Å². The van der Waals surface area contributed by atoms with E-state index >= 15 is 0 Å². The molecule has 2 saturated heterocycles. The molecule has 2 aliphatic rings. The zero-order valence-corrected chi connectivity index (χ0v) is 18.8. The number of nitrogens with zero attached hydrogens (tertiary/aromatic N) is 3. The van der Waals surface area contributed by atoms with E-state index < -0.39 is 17.5 Å². The van der Waals surface area contributed by atoms with Gasteiger partial charge in [-0.25, -0.2) is 4.79 Å². The van der Waals surface area contributed by atoms with E-state index in [-0.39, 0.29) is 12.5 Å². The molecule has 2 fully saturated rings. The standard InChI is InChI=1S/C23H25ClN4O4/c1-23(16-6-8-19(32-2)9-7-16)21(30)28(22(31)25-23)15-20(29)27-12-10-26(11-13-27)18-5-3-4-17(24)14-18/h3-9,14H,10-13,15H2,1-2H3,(H,25,31). The maximum Gasteiger partial charge on any atom is 0.325 e. The predicted molar refractivity (Wildman–Crippen MR) is 121 cm³/mol. The van der Waals surface area contributed by atoms with Gasteiger partial charge in [0.1, 0.15) is 17.8 Å². The van der Waals surface area contributed by atoms with Gasteiger partial charge in [-0.15, -0.1) is 0 Å². The first kappa shape index (κ1) is 22.0. The Kier molecular flexibility index (Phi) is 5.97. The second kappa shape index (κ2) is 8.70. The smallest absolute Gasteiger partial charge is 0.325 e. The number of anilines is 1. The highest BCUT2D eigenvalue weighted by Gasteiger charge is 2.49. The van der Waals surface area contributed by atoms with Crippen LogP contribution in [0, 0.1) is 0 Å². The number of methoxy groups -OCH3 is 1. The van der Waals surface area contributed by atoms with Crippen LogP contribution in [0.1, 0.15) is 12.5 Å². The lowest BCUT2D eigenvalue weighted by Gasteiger charge is -2.36. The summed E-state index contributed by atoms with van der Waals surface area (Å²) in [4.78, 5) is 43.4. The number of carbonyl (C=O) groups excluding carboxylic acids is 3. The van der Waals surface area contributed by atoms with E-state index in [1.165, 1.54) is 0 Å². The highest BCUT2D eigenvalue weighted by atomic mass is 35.5. The Labute approximate surface area is 191 Å². The molecule has 0 bridgehead atoms. The molecule has 2 aromatic rings. The summed E-state index contributed by atoms with van der Waals surface area (Å²) in [6, 6.07) is 14.0. The number of imide groups is 1. The van der Waals surface area contributed by atoms with Crippen molar-refractivity contribution in [1.82, 2.24) is 15.1 Å². The van der Waals surface area contributed by atoms with E-state index in [0.717, 1.165) is 10.6 Å². The number of hydrogen-bond acceptors (Lipinski definition) is 5. The zero-order valence-electron chi connectivity index (χ0n) is 18.0. The summed E-state index contributed by atoms with van der Waals surface area (Å²) in [6.45, 7) is 3.66. The van der Waals surface area contributed by atoms with Crippen LogP contribution in [0.5, 0.6) is 5.75 Å². The molecule has 0 radical (unpaired) electrons. The van der Waals surface area contributed by atoms with Gasteiger partial charge < -0.3 is 19.9 Å². The quantitative estimate of drug-likeness (QED) is 0.699. The number of piperazine rings is 1. The SMILES string of the molecule is COc1ccc(C2(C)NC(=O)N(CC(=O)N3CCN(c4cccc(Cl)c4)CC3)C2=O)cc1. The fourth-order valence-electron chi connectivity index (χ4n) is 4.08. The van der Waals surface area contributed by atoms with Crippen molar-refractivity contribution in [3.8, 4) is 5.75 Å². The van der Waals surface area contributed by atoms with Crippen LogP contribution in [0.4, 0.5) is 10.5 Å². The highest BCUT2D eigenvalue weighted by Crippen LogP contribution is 2.30. The van der Waals surface area contributed by atoms with Crippen LogP contribution in [0.2, 0.25) is 5.02 Å². The minimum Gasteiger partial charge on any atom is -0.497 e. The van der Waals surface area contributed by atoms with Crippen molar-refractivity contribution in [2.45, 2.75) is 12.5 Å². The van der Waals surface area contributed by atoms with Crippen molar-refractivity contribution in [3.05, 3.63) is 59.1 Å². The summed E-state index contributed by atoms with van der Waals surface area (Å²) < 4.78 is 5.15. The van der Waals surface area contributed by atoms with Crippen molar-refractivity contribution >= 4 is 35.1 Å². The number of amides is 4. The molecule has 168 valence electrons. The van der Waals surface area contributed by atoms with Gasteiger partial charge in [0, 0.05) is 36.9 Å². The van der Waals surface area contributed by atoms with Crippen molar-refractivity contribution in [2.75, 3.05) is 44.7 Å². The number of halogens is 1. The number of nitrogens with one attached hydrogen (secondary N) is 1. The minimum absolute atomic E-state index is 0.252. The van der Waals surface area contributed by atoms with Crippen LogP contribution in [0.25, 0.3) is 0 Å². The molecule has 9 heteroatoms. The summed E-state index contributed by atoms with van der Waals surface area (Å²) in [7, 11) is 1.56. The van der Waals surface area contributed by atoms with Crippen molar-refractivity contribution in [1.29, 1.82) is 0 Å². The Hall–Kier alpha value is -3.26. The molecular formula is C23H25ClN4O4. The zero-order chi connectivity index (χ0) is 22.9. The largest absolute Gasteiger partial charge is 0.497 e. The lowest BCUT2D eigenvalue weighted by atomic mass is 9.92. The second-order valence-corrected chi connectivity index (χ2v) is 8.46. The molecule has 0 spiro atoms. The third kappa shape index (κ3) is 4.10. The number of rotatable bonds is 5. The Morgan fingerprint density at radius 1 is 1.09 bits per heavy atom. The van der Waals surface area contributed by atoms with Gasteiger partial charge in [0.2, 0.25) is 5.91 Å². The summed E-state index contributed by atoms with van der Waals surface area (Å²) in [6.07, 6.45) is 0. The number of ether oxygens (including phenoxy) is 1. The molecule has 1 atom stereocenters. The molecule has 8 nitrogen and oxygen atoms in total. The van der Waals surface area contributed by atoms with Crippen LogP contribution in [0.3, 0.4) is 0 Å². The topological polar surface area (TPSA) is 82.2 Å². The minimum atomic E-state index is -1.23. The van der Waals surface area contributed by atoms with E-state index in [9.17, 15) is 14.4 Å². The summed E-state index contributed by atoms with van der Waals surface area (Å²) in [5.41, 5.74) is 0.408. The highest BCUT2D eigenvalue weighted by molar-refractivity contribution is 6.30. The van der Waals surface area contributed by atoms with Crippen LogP contribution in [-0.4, -0.2) is 67.5 Å². The Bertz CT molecular complexity index is 1040. The maximum atomic E-state index is 13.1. The first-order valence-corrected chi connectivity index (χ1v) is 10.8.